The molecule has 0 atom stereocenters. The van der Waals surface area contributed by atoms with Crippen molar-refractivity contribution in [2.45, 2.75) is 74.4 Å². The van der Waals surface area contributed by atoms with Crippen LogP contribution < -0.4 is 17.6 Å². The third kappa shape index (κ3) is 9000. The molecule has 0 aromatic rings. The zero-order chi connectivity index (χ0) is 23.7. The lowest BCUT2D eigenvalue weighted by molar-refractivity contribution is -0.135. The molecular weight excluding hydrogens is 394 g/mol. The highest BCUT2D eigenvalue weighted by molar-refractivity contribution is 5.63. The van der Waals surface area contributed by atoms with Crippen LogP contribution in [-0.2, 0) is 24.0 Å². The third-order valence-corrected chi connectivity index (χ3v) is 0.667. The van der Waals surface area contributed by atoms with Crippen molar-refractivity contribution in [1.29, 1.82) is 0 Å². The average Bonchev–Trinajstić information content (AvgIpc) is 2.21. The number of nitrogens with one attached hydrogen (secondary N) is 1. The Morgan fingerprint density at radius 3 is 0.552 bits per heavy atom. The zero-order valence-electron chi connectivity index (χ0n) is 18.8. The molecule has 0 heterocycles. The van der Waals surface area contributed by atoms with Gasteiger partial charge in [-0.15, -0.1) is 0 Å². The van der Waals surface area contributed by atoms with E-state index in [1.807, 2.05) is 0 Å². The average molecular weight is 436 g/mol. The van der Waals surface area contributed by atoms with Gasteiger partial charge < -0.3 is 43.2 Å². The highest BCUT2D eigenvalue weighted by atomic mass is 16.4. The molecule has 0 aromatic carbocycles. The molecule has 0 saturated heterocycles. The van der Waals surface area contributed by atoms with E-state index in [-0.39, 0.29) is 12.3 Å². The molecular formula is C16H41N3O10. The quantitative estimate of drug-likeness (QED) is 0.309. The van der Waals surface area contributed by atoms with Crippen LogP contribution >= 0.6 is 0 Å². The molecule has 0 aromatic heterocycles. The minimum absolute atomic E-state index is 0. The Hall–Kier alpha value is -2.77. The number of rotatable bonds is 2. The summed E-state index contributed by atoms with van der Waals surface area (Å²) in [6, 6.07) is 1.25. The lowest BCUT2D eigenvalue weighted by Gasteiger charge is -2.10. The molecule has 180 valence electrons. The van der Waals surface area contributed by atoms with Crippen LogP contribution in [0.3, 0.4) is 0 Å². The standard InChI is InChI=1S/C6H15N.5C2H4O2.2H3N/c1-5(2)7-6(3)4;5*1-2(3)4;;/h5-7H,1-4H3;5*1H3,(H,3,4);2*1H3. The van der Waals surface area contributed by atoms with Crippen molar-refractivity contribution in [3.8, 4) is 0 Å². The summed E-state index contributed by atoms with van der Waals surface area (Å²) in [4.78, 5) is 45.0. The first-order valence-corrected chi connectivity index (χ1v) is 7.53. The summed E-state index contributed by atoms with van der Waals surface area (Å²) in [7, 11) is 0. The topological polar surface area (TPSA) is 269 Å². The van der Waals surface area contributed by atoms with Gasteiger partial charge in [0, 0.05) is 46.7 Å². The van der Waals surface area contributed by atoms with Gasteiger partial charge in [0.25, 0.3) is 29.8 Å². The lowest BCUT2D eigenvalue weighted by atomic mass is 10.3. The van der Waals surface area contributed by atoms with Crippen LogP contribution in [0.25, 0.3) is 0 Å². The van der Waals surface area contributed by atoms with E-state index >= 15 is 0 Å². The van der Waals surface area contributed by atoms with Gasteiger partial charge in [-0.05, 0) is 0 Å². The molecule has 0 aliphatic rings. The summed E-state index contributed by atoms with van der Waals surface area (Å²) >= 11 is 0. The van der Waals surface area contributed by atoms with Gasteiger partial charge in [-0.25, -0.2) is 0 Å². The van der Waals surface area contributed by atoms with Crippen LogP contribution in [0.2, 0.25) is 0 Å². The molecule has 0 fully saturated rings. The number of carboxylic acids is 5. The number of carboxylic acid groups (broad SMARTS) is 5. The molecule has 29 heavy (non-hydrogen) atoms. The fraction of sp³-hybridized carbons (Fsp3) is 0.688. The van der Waals surface area contributed by atoms with Gasteiger partial charge >= 0.3 is 0 Å². The summed E-state index contributed by atoms with van der Waals surface area (Å²) < 4.78 is 0. The van der Waals surface area contributed by atoms with Crippen LogP contribution in [0.1, 0.15) is 62.3 Å². The number of aliphatic carboxylic acids is 5. The first kappa shape index (κ1) is 50.2. The van der Waals surface area contributed by atoms with E-state index in [1.165, 1.54) is 0 Å². The highest BCUT2D eigenvalue weighted by Gasteiger charge is 1.92. The molecule has 0 unspecified atom stereocenters. The molecule has 0 amide bonds. The Balaban J connectivity index is -0.0000000305. The predicted molar refractivity (Wildman–Crippen MR) is 110 cm³/mol. The van der Waals surface area contributed by atoms with Crippen molar-refractivity contribution < 1.29 is 49.5 Å². The van der Waals surface area contributed by atoms with Crippen LogP contribution in [0.4, 0.5) is 0 Å². The zero-order valence-corrected chi connectivity index (χ0v) is 18.8. The van der Waals surface area contributed by atoms with Gasteiger partial charge in [-0.2, -0.15) is 0 Å². The summed E-state index contributed by atoms with van der Waals surface area (Å²) in [5.74, 6) is -4.17. The Labute approximate surface area is 172 Å². The maximum absolute atomic E-state index is 9.00. The summed E-state index contributed by atoms with van der Waals surface area (Å²) in [5, 5.41) is 40.4. The Kier molecular flexibility index (Phi) is 69.4. The molecule has 13 heteroatoms. The maximum atomic E-state index is 9.00. The minimum atomic E-state index is -0.833. The van der Waals surface area contributed by atoms with Crippen molar-refractivity contribution >= 4 is 29.8 Å². The molecule has 0 radical (unpaired) electrons. The van der Waals surface area contributed by atoms with Crippen molar-refractivity contribution in [1.82, 2.24) is 17.6 Å². The first-order valence-electron chi connectivity index (χ1n) is 7.53. The lowest BCUT2D eigenvalue weighted by Crippen LogP contribution is -2.29. The molecule has 12 N–H and O–H groups in total. The predicted octanol–water partition coefficient (Wildman–Crippen LogP) is 2.17. The largest absolute Gasteiger partial charge is 0.481 e. The van der Waals surface area contributed by atoms with Crippen molar-refractivity contribution in [2.75, 3.05) is 0 Å². The molecule has 0 spiro atoms. The summed E-state index contributed by atoms with van der Waals surface area (Å²) in [6.07, 6.45) is 0. The molecule has 0 saturated carbocycles. The van der Waals surface area contributed by atoms with Gasteiger partial charge in [0.1, 0.15) is 0 Å². The van der Waals surface area contributed by atoms with Crippen molar-refractivity contribution in [2.24, 2.45) is 0 Å². The van der Waals surface area contributed by atoms with E-state index in [9.17, 15) is 0 Å². The van der Waals surface area contributed by atoms with Gasteiger partial charge in [0.05, 0.1) is 0 Å². The second-order valence-electron chi connectivity index (χ2n) is 5.07. The van der Waals surface area contributed by atoms with E-state index in [0.29, 0.717) is 12.1 Å². The second kappa shape index (κ2) is 40.1. The number of carbonyl (C=O) groups is 5. The van der Waals surface area contributed by atoms with Crippen LogP contribution in [0.15, 0.2) is 0 Å². The van der Waals surface area contributed by atoms with Crippen LogP contribution in [0.5, 0.6) is 0 Å². The summed E-state index contributed by atoms with van der Waals surface area (Å²) in [5.41, 5.74) is 0. The first-order chi connectivity index (χ1) is 11.8. The molecule has 13 nitrogen and oxygen atoms in total. The Bertz CT molecular complexity index is 305. The second-order valence-corrected chi connectivity index (χ2v) is 5.07. The number of hydrogen-bond donors (Lipinski definition) is 8. The third-order valence-electron chi connectivity index (χ3n) is 0.667. The Morgan fingerprint density at radius 2 is 0.552 bits per heavy atom. The molecule has 0 aliphatic heterocycles. The van der Waals surface area contributed by atoms with Gasteiger partial charge in [0.2, 0.25) is 0 Å². The fourth-order valence-electron chi connectivity index (χ4n) is 0.667. The van der Waals surface area contributed by atoms with Crippen molar-refractivity contribution in [3.05, 3.63) is 0 Å². The van der Waals surface area contributed by atoms with E-state index in [0.717, 1.165) is 34.6 Å². The van der Waals surface area contributed by atoms with Gasteiger partial charge in [0.15, 0.2) is 0 Å². The van der Waals surface area contributed by atoms with E-state index in [1.54, 1.807) is 0 Å². The van der Waals surface area contributed by atoms with Gasteiger partial charge in [-0.1, -0.05) is 27.7 Å². The Morgan fingerprint density at radius 1 is 0.483 bits per heavy atom. The van der Waals surface area contributed by atoms with E-state index < -0.39 is 29.8 Å². The maximum Gasteiger partial charge on any atom is 0.300 e. The van der Waals surface area contributed by atoms with Crippen LogP contribution in [-0.4, -0.2) is 67.5 Å². The summed E-state index contributed by atoms with van der Waals surface area (Å²) in [6.45, 7) is 14.0. The molecule has 0 rings (SSSR count). The highest BCUT2D eigenvalue weighted by Crippen LogP contribution is 1.80. The normalized spacial score (nSPS) is 7.00. The smallest absolute Gasteiger partial charge is 0.300 e. The van der Waals surface area contributed by atoms with Crippen LogP contribution in [0, 0.1) is 0 Å². The minimum Gasteiger partial charge on any atom is -0.481 e. The number of hydrogen-bond acceptors (Lipinski definition) is 8. The fourth-order valence-corrected chi connectivity index (χ4v) is 0.667. The molecule has 0 aliphatic carbocycles. The van der Waals surface area contributed by atoms with E-state index in [4.69, 9.17) is 49.5 Å². The van der Waals surface area contributed by atoms with E-state index in [2.05, 4.69) is 33.0 Å². The monoisotopic (exact) mass is 435 g/mol. The SMILES string of the molecule is CC(=O)O.CC(=O)O.CC(=O)O.CC(=O)O.CC(=O)O.CC(C)NC(C)C.N.N. The molecule has 0 bridgehead atoms. The van der Waals surface area contributed by atoms with Crippen molar-refractivity contribution in [3.63, 3.8) is 0 Å². The van der Waals surface area contributed by atoms with Gasteiger partial charge in [-0.3, -0.25) is 24.0 Å².